The predicted molar refractivity (Wildman–Crippen MR) is 67.7 cm³/mol. The molecule has 100 valence electrons. The third-order valence-corrected chi connectivity index (χ3v) is 2.96. The predicted octanol–water partition coefficient (Wildman–Crippen LogP) is 2.38. The lowest BCUT2D eigenvalue weighted by molar-refractivity contribution is -0.137. The van der Waals surface area contributed by atoms with Crippen molar-refractivity contribution in [2.24, 2.45) is 0 Å². The maximum absolute atomic E-state index is 13.5. The van der Waals surface area contributed by atoms with Crippen LogP contribution < -0.4 is 5.32 Å². The molecule has 0 radical (unpaired) electrons. The summed E-state index contributed by atoms with van der Waals surface area (Å²) in [5.74, 6) is -0.669. The van der Waals surface area contributed by atoms with E-state index in [1.54, 1.807) is 6.07 Å². The summed E-state index contributed by atoms with van der Waals surface area (Å²) in [5.41, 5.74) is 1.75. The Morgan fingerprint density at radius 1 is 1.44 bits per heavy atom. The van der Waals surface area contributed by atoms with Crippen LogP contribution >= 0.6 is 0 Å². The molecular weight excluding hydrogens is 233 g/mol. The summed E-state index contributed by atoms with van der Waals surface area (Å²) in [6, 6.07) is 5.14. The summed E-state index contributed by atoms with van der Waals surface area (Å²) < 4.78 is 24.6. The molecule has 1 unspecified atom stereocenters. The van der Waals surface area contributed by atoms with E-state index in [1.807, 2.05) is 26.8 Å². The zero-order chi connectivity index (χ0) is 13.2. The molecule has 1 aromatic rings. The molecule has 1 aliphatic rings. The highest BCUT2D eigenvalue weighted by Gasteiger charge is 2.32. The monoisotopic (exact) mass is 253 g/mol. The molecule has 1 atom stereocenters. The van der Waals surface area contributed by atoms with Gasteiger partial charge in [-0.2, -0.15) is 0 Å². The van der Waals surface area contributed by atoms with Gasteiger partial charge in [-0.1, -0.05) is 17.7 Å². The number of hydrogen-bond acceptors (Lipinski definition) is 3. The fraction of sp³-hybridized carbons (Fsp3) is 0.571. The van der Waals surface area contributed by atoms with Gasteiger partial charge in [0.05, 0.1) is 12.7 Å². The average molecular weight is 253 g/mol. The van der Waals surface area contributed by atoms with Crippen LogP contribution in [0.15, 0.2) is 18.2 Å². The minimum absolute atomic E-state index is 0.0351. The molecule has 1 saturated heterocycles. The first-order valence-corrected chi connectivity index (χ1v) is 6.24. The second-order valence-corrected chi connectivity index (χ2v) is 5.18. The minimum Gasteiger partial charge on any atom is -0.348 e. The molecule has 1 fully saturated rings. The molecule has 1 aliphatic heterocycles. The number of ether oxygens (including phenoxy) is 2. The first-order chi connectivity index (χ1) is 8.46. The molecule has 0 amide bonds. The van der Waals surface area contributed by atoms with Gasteiger partial charge in [-0.05, 0) is 26.8 Å². The van der Waals surface area contributed by atoms with Crippen LogP contribution in [-0.2, 0) is 16.0 Å². The molecule has 0 spiro atoms. The van der Waals surface area contributed by atoms with Gasteiger partial charge in [0, 0.05) is 18.7 Å². The Bertz CT molecular complexity index is 420. The highest BCUT2D eigenvalue weighted by Crippen LogP contribution is 2.21. The lowest BCUT2D eigenvalue weighted by atomic mass is 10.1. The van der Waals surface area contributed by atoms with Gasteiger partial charge >= 0.3 is 0 Å². The SMILES string of the molecule is Cc1ccc(F)c(CNCC2COC(C)(C)O2)c1. The topological polar surface area (TPSA) is 30.5 Å². The van der Waals surface area contributed by atoms with Crippen molar-refractivity contribution in [1.82, 2.24) is 5.32 Å². The molecule has 1 N–H and O–H groups in total. The van der Waals surface area contributed by atoms with E-state index in [9.17, 15) is 4.39 Å². The summed E-state index contributed by atoms with van der Waals surface area (Å²) in [7, 11) is 0. The first kappa shape index (κ1) is 13.5. The summed E-state index contributed by atoms with van der Waals surface area (Å²) >= 11 is 0. The number of rotatable bonds is 4. The number of halogens is 1. The number of aryl methyl sites for hydroxylation is 1. The van der Waals surface area contributed by atoms with E-state index < -0.39 is 5.79 Å². The van der Waals surface area contributed by atoms with Gasteiger partial charge in [-0.3, -0.25) is 0 Å². The molecule has 2 rings (SSSR count). The van der Waals surface area contributed by atoms with Crippen molar-refractivity contribution < 1.29 is 13.9 Å². The van der Waals surface area contributed by atoms with Crippen molar-refractivity contribution >= 4 is 0 Å². The molecule has 0 aliphatic carbocycles. The quantitative estimate of drug-likeness (QED) is 0.893. The summed E-state index contributed by atoms with van der Waals surface area (Å²) in [5, 5.41) is 3.20. The van der Waals surface area contributed by atoms with Crippen LogP contribution in [0.5, 0.6) is 0 Å². The lowest BCUT2D eigenvalue weighted by Crippen LogP contribution is -2.30. The third-order valence-electron chi connectivity index (χ3n) is 2.96. The van der Waals surface area contributed by atoms with E-state index in [0.29, 0.717) is 25.3 Å². The van der Waals surface area contributed by atoms with Crippen LogP contribution in [0.3, 0.4) is 0 Å². The van der Waals surface area contributed by atoms with Crippen LogP contribution in [0.4, 0.5) is 4.39 Å². The van der Waals surface area contributed by atoms with Gasteiger partial charge in [-0.15, -0.1) is 0 Å². The van der Waals surface area contributed by atoms with Crippen molar-refractivity contribution in [3.63, 3.8) is 0 Å². The van der Waals surface area contributed by atoms with Crippen molar-refractivity contribution in [3.05, 3.63) is 35.1 Å². The zero-order valence-corrected chi connectivity index (χ0v) is 11.1. The van der Waals surface area contributed by atoms with Gasteiger partial charge in [0.2, 0.25) is 0 Å². The standard InChI is InChI=1S/C14H20FNO2/c1-10-4-5-13(15)11(6-10)7-16-8-12-9-17-14(2,3)18-12/h4-6,12,16H,7-9H2,1-3H3. The highest BCUT2D eigenvalue weighted by molar-refractivity contribution is 5.23. The lowest BCUT2D eigenvalue weighted by Gasteiger charge is -2.17. The van der Waals surface area contributed by atoms with E-state index in [2.05, 4.69) is 5.32 Å². The van der Waals surface area contributed by atoms with Gasteiger partial charge in [-0.25, -0.2) is 4.39 Å². The van der Waals surface area contributed by atoms with Gasteiger partial charge < -0.3 is 14.8 Å². The minimum atomic E-state index is -0.499. The van der Waals surface area contributed by atoms with Crippen LogP contribution in [0.2, 0.25) is 0 Å². The van der Waals surface area contributed by atoms with Crippen LogP contribution in [0.1, 0.15) is 25.0 Å². The molecule has 0 aromatic heterocycles. The average Bonchev–Trinajstić information content (AvgIpc) is 2.63. The molecule has 1 heterocycles. The molecule has 0 saturated carbocycles. The molecule has 3 nitrogen and oxygen atoms in total. The Hall–Kier alpha value is -0.970. The van der Waals surface area contributed by atoms with Crippen LogP contribution in [-0.4, -0.2) is 25.0 Å². The van der Waals surface area contributed by atoms with Crippen molar-refractivity contribution in [2.45, 2.75) is 39.2 Å². The summed E-state index contributed by atoms with van der Waals surface area (Å²) in [6.07, 6.45) is 0.0351. The van der Waals surface area contributed by atoms with Crippen molar-refractivity contribution in [1.29, 1.82) is 0 Å². The largest absolute Gasteiger partial charge is 0.348 e. The van der Waals surface area contributed by atoms with Crippen molar-refractivity contribution in [2.75, 3.05) is 13.2 Å². The van der Waals surface area contributed by atoms with E-state index >= 15 is 0 Å². The number of nitrogens with one attached hydrogen (secondary N) is 1. The zero-order valence-electron chi connectivity index (χ0n) is 11.1. The van der Waals surface area contributed by atoms with E-state index in [4.69, 9.17) is 9.47 Å². The van der Waals surface area contributed by atoms with Crippen LogP contribution in [0.25, 0.3) is 0 Å². The molecule has 18 heavy (non-hydrogen) atoms. The van der Waals surface area contributed by atoms with E-state index in [0.717, 1.165) is 5.56 Å². The van der Waals surface area contributed by atoms with E-state index in [-0.39, 0.29) is 11.9 Å². The number of benzene rings is 1. The fourth-order valence-electron chi connectivity index (χ4n) is 2.07. The first-order valence-electron chi connectivity index (χ1n) is 6.24. The van der Waals surface area contributed by atoms with Gasteiger partial charge in [0.15, 0.2) is 5.79 Å². The van der Waals surface area contributed by atoms with Crippen molar-refractivity contribution in [3.8, 4) is 0 Å². The summed E-state index contributed by atoms with van der Waals surface area (Å²) in [6.45, 7) is 7.50. The Kier molecular flexibility index (Phi) is 4.00. The number of hydrogen-bond donors (Lipinski definition) is 1. The second-order valence-electron chi connectivity index (χ2n) is 5.18. The second kappa shape index (κ2) is 5.34. The van der Waals surface area contributed by atoms with E-state index in [1.165, 1.54) is 6.07 Å². The molecule has 1 aromatic carbocycles. The van der Waals surface area contributed by atoms with Gasteiger partial charge in [0.1, 0.15) is 5.82 Å². The van der Waals surface area contributed by atoms with Gasteiger partial charge in [0.25, 0.3) is 0 Å². The Balaban J connectivity index is 1.80. The Labute approximate surface area is 107 Å². The highest BCUT2D eigenvalue weighted by atomic mass is 19.1. The van der Waals surface area contributed by atoms with Crippen LogP contribution in [0, 0.1) is 12.7 Å². The molecule has 0 bridgehead atoms. The maximum Gasteiger partial charge on any atom is 0.163 e. The fourth-order valence-corrected chi connectivity index (χ4v) is 2.07. The summed E-state index contributed by atoms with van der Waals surface area (Å²) in [4.78, 5) is 0. The smallest absolute Gasteiger partial charge is 0.163 e. The Morgan fingerprint density at radius 2 is 2.22 bits per heavy atom. The molecular formula is C14H20FNO2. The Morgan fingerprint density at radius 3 is 2.89 bits per heavy atom. The third kappa shape index (κ3) is 3.51. The molecule has 4 heteroatoms. The normalized spacial score (nSPS) is 22.3. The maximum atomic E-state index is 13.5.